The molecule has 0 saturated carbocycles. The summed E-state index contributed by atoms with van der Waals surface area (Å²) in [4.78, 5) is 14.7. The first-order chi connectivity index (χ1) is 14.8. The van der Waals surface area contributed by atoms with Crippen LogP contribution in [0.2, 0.25) is 0 Å². The Bertz CT molecular complexity index is 1060. The van der Waals surface area contributed by atoms with E-state index in [1.54, 1.807) is 20.3 Å². The second kappa shape index (κ2) is 9.66. The maximum atomic E-state index is 12.7. The molecule has 0 bridgehead atoms. The van der Waals surface area contributed by atoms with Gasteiger partial charge in [-0.25, -0.2) is 0 Å². The lowest BCUT2D eigenvalue weighted by Gasteiger charge is -2.25. The molecule has 1 aromatic heterocycles. The van der Waals surface area contributed by atoms with Crippen molar-refractivity contribution >= 4 is 5.91 Å². The van der Waals surface area contributed by atoms with E-state index in [9.17, 15) is 4.79 Å². The lowest BCUT2D eigenvalue weighted by Crippen LogP contribution is -2.34. The van der Waals surface area contributed by atoms with Gasteiger partial charge in [-0.05, 0) is 62.8 Å². The number of rotatable bonds is 8. The summed E-state index contributed by atoms with van der Waals surface area (Å²) in [5, 5.41) is 6.91. The Kier molecular flexibility index (Phi) is 6.97. The molecular weight excluding hydrogens is 394 g/mol. The predicted molar refractivity (Wildman–Crippen MR) is 120 cm³/mol. The Balaban J connectivity index is 1.72. The number of likely N-dealkylation sites (N-methyl/N-ethyl adjacent to an activating group) is 1. The van der Waals surface area contributed by atoms with Crippen LogP contribution < -0.4 is 14.8 Å². The lowest BCUT2D eigenvalue weighted by molar-refractivity contribution is 0.0933. The van der Waals surface area contributed by atoms with Crippen molar-refractivity contribution in [3.05, 3.63) is 64.8 Å². The third-order valence-electron chi connectivity index (χ3n) is 5.41. The van der Waals surface area contributed by atoms with E-state index in [-0.39, 0.29) is 17.6 Å². The number of methoxy groups -OCH3 is 2. The van der Waals surface area contributed by atoms with Gasteiger partial charge in [0.1, 0.15) is 0 Å². The minimum atomic E-state index is -0.286. The van der Waals surface area contributed by atoms with Gasteiger partial charge in [0.2, 0.25) is 0 Å². The Labute approximate surface area is 182 Å². The summed E-state index contributed by atoms with van der Waals surface area (Å²) in [6.07, 6.45) is 0. The van der Waals surface area contributed by atoms with Gasteiger partial charge in [0.15, 0.2) is 23.0 Å². The second-order valence-electron chi connectivity index (χ2n) is 7.68. The zero-order valence-corrected chi connectivity index (χ0v) is 18.9. The van der Waals surface area contributed by atoms with Gasteiger partial charge in [0, 0.05) is 18.2 Å². The molecular formula is C24H29N3O4. The fourth-order valence-electron chi connectivity index (χ4n) is 3.35. The minimum Gasteiger partial charge on any atom is -0.493 e. The van der Waals surface area contributed by atoms with Crippen LogP contribution in [0.5, 0.6) is 11.5 Å². The second-order valence-corrected chi connectivity index (χ2v) is 7.68. The smallest absolute Gasteiger partial charge is 0.273 e. The largest absolute Gasteiger partial charge is 0.493 e. The Morgan fingerprint density at radius 1 is 1.03 bits per heavy atom. The standard InChI is InChI=1S/C24H29N3O4/c1-15-7-8-18(11-16(15)2)22-13-19(26-31-22)24(28)25-14-20(27(3)4)17-9-10-21(29-5)23(12-17)30-6/h7-13,20H,14H2,1-6H3,(H,25,28). The van der Waals surface area contributed by atoms with Crippen LogP contribution in [-0.2, 0) is 0 Å². The number of carbonyl (C=O) groups excluding carboxylic acids is 1. The van der Waals surface area contributed by atoms with Gasteiger partial charge in [-0.2, -0.15) is 0 Å². The van der Waals surface area contributed by atoms with Crippen molar-refractivity contribution in [3.8, 4) is 22.8 Å². The molecule has 7 heteroatoms. The average molecular weight is 424 g/mol. The Hall–Kier alpha value is -3.32. The summed E-state index contributed by atoms with van der Waals surface area (Å²) in [5.74, 6) is 1.59. The van der Waals surface area contributed by atoms with Crippen molar-refractivity contribution in [2.24, 2.45) is 0 Å². The van der Waals surface area contributed by atoms with Crippen molar-refractivity contribution in [2.75, 3.05) is 34.9 Å². The minimum absolute atomic E-state index is 0.0603. The number of aryl methyl sites for hydroxylation is 2. The van der Waals surface area contributed by atoms with E-state index in [1.807, 2.05) is 62.3 Å². The molecule has 0 aliphatic heterocycles. The number of hydrogen-bond donors (Lipinski definition) is 1. The van der Waals surface area contributed by atoms with Crippen molar-refractivity contribution in [3.63, 3.8) is 0 Å². The number of nitrogens with one attached hydrogen (secondary N) is 1. The van der Waals surface area contributed by atoms with Gasteiger partial charge < -0.3 is 24.2 Å². The van der Waals surface area contributed by atoms with E-state index in [1.165, 1.54) is 5.56 Å². The van der Waals surface area contributed by atoms with Crippen LogP contribution in [0, 0.1) is 13.8 Å². The number of nitrogens with zero attached hydrogens (tertiary/aromatic N) is 2. The molecule has 7 nitrogen and oxygen atoms in total. The number of carbonyl (C=O) groups is 1. The number of hydrogen-bond acceptors (Lipinski definition) is 6. The normalized spacial score (nSPS) is 12.0. The van der Waals surface area contributed by atoms with Crippen molar-refractivity contribution in [1.29, 1.82) is 0 Å². The molecule has 1 N–H and O–H groups in total. The number of amides is 1. The highest BCUT2D eigenvalue weighted by molar-refractivity contribution is 5.93. The predicted octanol–water partition coefficient (Wildman–Crippen LogP) is 4.01. The molecule has 31 heavy (non-hydrogen) atoms. The summed E-state index contributed by atoms with van der Waals surface area (Å²) in [6.45, 7) is 4.49. The Morgan fingerprint density at radius 2 is 1.77 bits per heavy atom. The van der Waals surface area contributed by atoms with E-state index >= 15 is 0 Å². The van der Waals surface area contributed by atoms with Crippen molar-refractivity contribution in [1.82, 2.24) is 15.4 Å². The van der Waals surface area contributed by atoms with Gasteiger partial charge in [0.05, 0.1) is 20.3 Å². The van der Waals surface area contributed by atoms with Gasteiger partial charge in [-0.1, -0.05) is 23.4 Å². The van der Waals surface area contributed by atoms with E-state index in [4.69, 9.17) is 14.0 Å². The number of benzene rings is 2. The van der Waals surface area contributed by atoms with E-state index in [0.29, 0.717) is 23.8 Å². The topological polar surface area (TPSA) is 76.8 Å². The highest BCUT2D eigenvalue weighted by Gasteiger charge is 2.20. The first-order valence-electron chi connectivity index (χ1n) is 10.0. The summed E-state index contributed by atoms with van der Waals surface area (Å²) < 4.78 is 16.1. The molecule has 0 fully saturated rings. The van der Waals surface area contributed by atoms with Crippen LogP contribution in [0.15, 0.2) is 47.0 Å². The quantitative estimate of drug-likeness (QED) is 0.590. The molecule has 3 aromatic rings. The molecule has 1 unspecified atom stereocenters. The van der Waals surface area contributed by atoms with Crippen LogP contribution in [0.1, 0.15) is 33.2 Å². The molecule has 0 radical (unpaired) electrons. The van der Waals surface area contributed by atoms with Gasteiger partial charge in [-0.3, -0.25) is 4.79 Å². The molecule has 0 aliphatic carbocycles. The Morgan fingerprint density at radius 3 is 2.42 bits per heavy atom. The van der Waals surface area contributed by atoms with Gasteiger partial charge in [-0.15, -0.1) is 0 Å². The molecule has 0 aliphatic rings. The maximum Gasteiger partial charge on any atom is 0.273 e. The summed E-state index contributed by atoms with van der Waals surface area (Å²) in [5.41, 5.74) is 4.50. The maximum absolute atomic E-state index is 12.7. The molecule has 164 valence electrons. The summed E-state index contributed by atoms with van der Waals surface area (Å²) >= 11 is 0. The van der Waals surface area contributed by atoms with E-state index in [0.717, 1.165) is 16.7 Å². The molecule has 1 heterocycles. The van der Waals surface area contributed by atoms with Gasteiger partial charge >= 0.3 is 0 Å². The molecule has 2 aromatic carbocycles. The third-order valence-corrected chi connectivity index (χ3v) is 5.41. The van der Waals surface area contributed by atoms with Crippen molar-refractivity contribution in [2.45, 2.75) is 19.9 Å². The van der Waals surface area contributed by atoms with Crippen LogP contribution in [0.25, 0.3) is 11.3 Å². The van der Waals surface area contributed by atoms with Crippen LogP contribution >= 0.6 is 0 Å². The van der Waals surface area contributed by atoms with E-state index in [2.05, 4.69) is 17.4 Å². The number of ether oxygens (including phenoxy) is 2. The van der Waals surface area contributed by atoms with E-state index < -0.39 is 0 Å². The molecule has 0 saturated heterocycles. The lowest BCUT2D eigenvalue weighted by atomic mass is 10.0. The average Bonchev–Trinajstić information content (AvgIpc) is 3.25. The highest BCUT2D eigenvalue weighted by atomic mass is 16.5. The van der Waals surface area contributed by atoms with Crippen LogP contribution in [-0.4, -0.2) is 50.8 Å². The van der Waals surface area contributed by atoms with Crippen LogP contribution in [0.3, 0.4) is 0 Å². The molecule has 3 rings (SSSR count). The van der Waals surface area contributed by atoms with Crippen molar-refractivity contribution < 1.29 is 18.8 Å². The third kappa shape index (κ3) is 5.06. The number of aromatic nitrogens is 1. The SMILES string of the molecule is COc1ccc(C(CNC(=O)c2cc(-c3ccc(C)c(C)c3)on2)N(C)C)cc1OC. The molecule has 1 amide bonds. The summed E-state index contributed by atoms with van der Waals surface area (Å²) in [6, 6.07) is 13.4. The fourth-order valence-corrected chi connectivity index (χ4v) is 3.35. The highest BCUT2D eigenvalue weighted by Crippen LogP contribution is 2.31. The summed E-state index contributed by atoms with van der Waals surface area (Å²) in [7, 11) is 7.12. The molecule has 0 spiro atoms. The zero-order chi connectivity index (χ0) is 22.5. The zero-order valence-electron chi connectivity index (χ0n) is 18.9. The first-order valence-corrected chi connectivity index (χ1v) is 10.0. The molecule has 1 atom stereocenters. The van der Waals surface area contributed by atoms with Crippen LogP contribution in [0.4, 0.5) is 0 Å². The monoisotopic (exact) mass is 423 g/mol. The fraction of sp³-hybridized carbons (Fsp3) is 0.333. The first kappa shape index (κ1) is 22.4. The van der Waals surface area contributed by atoms with Gasteiger partial charge in [0.25, 0.3) is 5.91 Å².